The highest BCUT2D eigenvalue weighted by Gasteiger charge is 2.09. The highest BCUT2D eigenvalue weighted by Crippen LogP contribution is 2.23. The van der Waals surface area contributed by atoms with Crippen LogP contribution < -0.4 is 10.6 Å². The molecule has 0 spiro atoms. The number of anilines is 2. The van der Waals surface area contributed by atoms with E-state index in [9.17, 15) is 0 Å². The van der Waals surface area contributed by atoms with E-state index >= 15 is 0 Å². The summed E-state index contributed by atoms with van der Waals surface area (Å²) >= 11 is 5.87. The molecule has 2 aromatic rings. The van der Waals surface area contributed by atoms with Crippen molar-refractivity contribution in [2.45, 2.75) is 13.0 Å². The number of nitrogens with zero attached hydrogens (tertiary/aromatic N) is 1. The number of halogens is 1. The largest absolute Gasteiger partial charge is 0.356 e. The molecule has 3 rings (SSSR count). The second-order valence-electron chi connectivity index (χ2n) is 4.47. The molecule has 0 fully saturated rings. The summed E-state index contributed by atoms with van der Waals surface area (Å²) < 4.78 is 0. The van der Waals surface area contributed by atoms with Crippen molar-refractivity contribution in [1.82, 2.24) is 5.32 Å². The van der Waals surface area contributed by atoms with Crippen LogP contribution in [0.4, 0.5) is 11.4 Å². The summed E-state index contributed by atoms with van der Waals surface area (Å²) in [4.78, 5) is 0. The number of benzene rings is 2. The van der Waals surface area contributed by atoms with E-state index in [1.165, 1.54) is 11.1 Å². The minimum Gasteiger partial charge on any atom is -0.356 e. The van der Waals surface area contributed by atoms with Crippen LogP contribution >= 0.6 is 11.6 Å². The van der Waals surface area contributed by atoms with Crippen LogP contribution in [0.15, 0.2) is 42.5 Å². The lowest BCUT2D eigenvalue weighted by Crippen LogP contribution is -2.17. The fourth-order valence-electron chi connectivity index (χ4n) is 2.19. The van der Waals surface area contributed by atoms with Gasteiger partial charge in [0.1, 0.15) is 0 Å². The van der Waals surface area contributed by atoms with Crippen LogP contribution in [0, 0.1) is 0 Å². The quantitative estimate of drug-likeness (QED) is 0.871. The molecule has 1 radical (unpaired) electrons. The van der Waals surface area contributed by atoms with Crippen LogP contribution in [-0.2, 0) is 13.0 Å². The van der Waals surface area contributed by atoms with Crippen molar-refractivity contribution < 1.29 is 0 Å². The number of rotatable bonds is 2. The average Bonchev–Trinajstić information content (AvgIpc) is 2.41. The predicted octanol–water partition coefficient (Wildman–Crippen LogP) is 3.74. The summed E-state index contributed by atoms with van der Waals surface area (Å²) in [5.74, 6) is 0. The van der Waals surface area contributed by atoms with Crippen molar-refractivity contribution in [3.05, 3.63) is 58.6 Å². The van der Waals surface area contributed by atoms with E-state index in [1.807, 2.05) is 24.3 Å². The first kappa shape index (κ1) is 11.6. The predicted molar refractivity (Wildman–Crippen MR) is 75.6 cm³/mol. The molecule has 2 nitrogen and oxygen atoms in total. The number of hydrogen-bond acceptors (Lipinski definition) is 1. The first-order valence-electron chi connectivity index (χ1n) is 6.09. The summed E-state index contributed by atoms with van der Waals surface area (Å²) in [5.41, 5.74) is 4.91. The summed E-state index contributed by atoms with van der Waals surface area (Å²) in [5, 5.41) is 8.57. The van der Waals surface area contributed by atoms with Crippen molar-refractivity contribution in [3.8, 4) is 0 Å². The van der Waals surface area contributed by atoms with Crippen molar-refractivity contribution >= 4 is 23.0 Å². The van der Waals surface area contributed by atoms with Gasteiger partial charge in [0.25, 0.3) is 0 Å². The normalized spacial score (nSPS) is 14.1. The molecule has 1 aliphatic heterocycles. The van der Waals surface area contributed by atoms with Gasteiger partial charge in [0.15, 0.2) is 0 Å². The minimum absolute atomic E-state index is 0.754. The Morgan fingerprint density at radius 1 is 0.944 bits per heavy atom. The third kappa shape index (κ3) is 2.50. The topological polar surface area (TPSA) is 26.1 Å². The van der Waals surface area contributed by atoms with Crippen LogP contribution in [0.5, 0.6) is 0 Å². The van der Waals surface area contributed by atoms with Gasteiger partial charge in [0.05, 0.1) is 0 Å². The lowest BCUT2D eigenvalue weighted by Gasteiger charge is -2.17. The molecular weight excluding hydrogens is 244 g/mol. The zero-order valence-electron chi connectivity index (χ0n) is 9.99. The van der Waals surface area contributed by atoms with Crippen molar-refractivity contribution in [2.75, 3.05) is 11.9 Å². The van der Waals surface area contributed by atoms with Gasteiger partial charge < -0.3 is 5.32 Å². The molecule has 0 saturated heterocycles. The van der Waals surface area contributed by atoms with Crippen molar-refractivity contribution in [3.63, 3.8) is 0 Å². The molecule has 0 bridgehead atoms. The van der Waals surface area contributed by atoms with Gasteiger partial charge in [-0.25, -0.2) is 5.32 Å². The number of hydrogen-bond donors (Lipinski definition) is 1. The smallest absolute Gasteiger partial charge is 0.0407 e. The Labute approximate surface area is 112 Å². The zero-order valence-corrected chi connectivity index (χ0v) is 10.7. The van der Waals surface area contributed by atoms with E-state index in [2.05, 4.69) is 28.8 Å². The van der Waals surface area contributed by atoms with Gasteiger partial charge >= 0.3 is 0 Å². The highest BCUT2D eigenvalue weighted by molar-refractivity contribution is 6.30. The molecule has 0 saturated carbocycles. The molecule has 18 heavy (non-hydrogen) atoms. The highest BCUT2D eigenvalue weighted by atomic mass is 35.5. The number of nitrogens with one attached hydrogen (secondary N) is 1. The van der Waals surface area contributed by atoms with Crippen LogP contribution in [0.2, 0.25) is 5.02 Å². The Hall–Kier alpha value is -1.51. The Morgan fingerprint density at radius 3 is 2.56 bits per heavy atom. The van der Waals surface area contributed by atoms with E-state index in [-0.39, 0.29) is 0 Å². The van der Waals surface area contributed by atoms with Crippen LogP contribution in [0.1, 0.15) is 11.1 Å². The summed E-state index contributed by atoms with van der Waals surface area (Å²) in [7, 11) is 0. The average molecular weight is 258 g/mol. The summed E-state index contributed by atoms with van der Waals surface area (Å²) in [6.07, 6.45) is 1.07. The Morgan fingerprint density at radius 2 is 1.72 bits per heavy atom. The first-order valence-corrected chi connectivity index (χ1v) is 6.47. The maximum Gasteiger partial charge on any atom is 0.0407 e. The molecule has 0 atom stereocenters. The zero-order chi connectivity index (χ0) is 12.4. The van der Waals surface area contributed by atoms with Gasteiger partial charge in [0, 0.05) is 29.5 Å². The molecule has 91 valence electrons. The van der Waals surface area contributed by atoms with Crippen molar-refractivity contribution in [2.24, 2.45) is 0 Å². The molecule has 1 heterocycles. The SMILES string of the molecule is Clc1ccc(Nc2ccc3c(c2)C[N]CC3)cc1. The fourth-order valence-corrected chi connectivity index (χ4v) is 2.32. The van der Waals surface area contributed by atoms with Gasteiger partial charge in [-0.15, -0.1) is 0 Å². The maximum atomic E-state index is 5.87. The molecule has 2 aromatic carbocycles. The molecule has 1 N–H and O–H groups in total. The standard InChI is InChI=1S/C15H14ClN2/c16-13-2-5-14(6-3-13)18-15-4-1-11-7-8-17-10-12(11)9-15/h1-6,9,18H,7-8,10H2. The molecule has 0 aromatic heterocycles. The second kappa shape index (κ2) is 5.01. The Balaban J connectivity index is 1.82. The summed E-state index contributed by atoms with van der Waals surface area (Å²) in [6, 6.07) is 14.2. The molecule has 0 amide bonds. The molecule has 3 heteroatoms. The summed E-state index contributed by atoms with van der Waals surface area (Å²) in [6.45, 7) is 1.79. The Kier molecular flexibility index (Phi) is 3.22. The lowest BCUT2D eigenvalue weighted by atomic mass is 10.0. The molecule has 1 aliphatic rings. The van der Waals surface area contributed by atoms with Gasteiger partial charge in [-0.2, -0.15) is 0 Å². The van der Waals surface area contributed by atoms with Crippen LogP contribution in [0.3, 0.4) is 0 Å². The van der Waals surface area contributed by atoms with E-state index in [1.54, 1.807) is 0 Å². The van der Waals surface area contributed by atoms with E-state index < -0.39 is 0 Å². The molecule has 0 aliphatic carbocycles. The van der Waals surface area contributed by atoms with E-state index in [4.69, 9.17) is 11.6 Å². The molecule has 0 unspecified atom stereocenters. The van der Waals surface area contributed by atoms with Gasteiger partial charge in [-0.1, -0.05) is 17.7 Å². The van der Waals surface area contributed by atoms with E-state index in [0.29, 0.717) is 0 Å². The molecular formula is C15H14ClN2. The fraction of sp³-hybridized carbons (Fsp3) is 0.200. The third-order valence-electron chi connectivity index (χ3n) is 3.16. The third-order valence-corrected chi connectivity index (χ3v) is 3.41. The monoisotopic (exact) mass is 257 g/mol. The van der Waals surface area contributed by atoms with Gasteiger partial charge in [-0.3, -0.25) is 0 Å². The van der Waals surface area contributed by atoms with E-state index in [0.717, 1.165) is 35.9 Å². The Bertz CT molecular complexity index is 549. The van der Waals surface area contributed by atoms with Crippen LogP contribution in [-0.4, -0.2) is 6.54 Å². The van der Waals surface area contributed by atoms with Gasteiger partial charge in [0.2, 0.25) is 0 Å². The van der Waals surface area contributed by atoms with Crippen molar-refractivity contribution in [1.29, 1.82) is 0 Å². The van der Waals surface area contributed by atoms with Gasteiger partial charge in [-0.05, 0) is 53.9 Å². The minimum atomic E-state index is 0.754. The van der Waals surface area contributed by atoms with Crippen LogP contribution in [0.25, 0.3) is 0 Å². The first-order chi connectivity index (χ1) is 8.81. The lowest BCUT2D eigenvalue weighted by molar-refractivity contribution is 0.630. The maximum absolute atomic E-state index is 5.87. The number of fused-ring (bicyclic) bond motifs is 1. The second-order valence-corrected chi connectivity index (χ2v) is 4.91.